The van der Waals surface area contributed by atoms with Gasteiger partial charge in [0.05, 0.1) is 17.6 Å². The number of aryl methyl sites for hydroxylation is 1. The molecular weight excluding hydrogens is 382 g/mol. The van der Waals surface area contributed by atoms with E-state index in [4.69, 9.17) is 16.3 Å². The first-order valence-electron chi connectivity index (χ1n) is 9.36. The Morgan fingerprint density at radius 3 is 2.93 bits per heavy atom. The Morgan fingerprint density at radius 1 is 1.39 bits per heavy atom. The summed E-state index contributed by atoms with van der Waals surface area (Å²) in [4.78, 5) is 22.1. The van der Waals surface area contributed by atoms with Gasteiger partial charge in [-0.15, -0.1) is 0 Å². The molecule has 1 N–H and O–H groups in total. The van der Waals surface area contributed by atoms with Crippen LogP contribution in [0, 0.1) is 10.1 Å². The van der Waals surface area contributed by atoms with Crippen molar-refractivity contribution < 1.29 is 9.66 Å². The number of hydrogen-bond donors (Lipinski definition) is 1. The quantitative estimate of drug-likeness (QED) is 0.515. The van der Waals surface area contributed by atoms with Crippen LogP contribution in [0.25, 0.3) is 0 Å². The average Bonchev–Trinajstić information content (AvgIpc) is 3.12. The highest BCUT2D eigenvalue weighted by Crippen LogP contribution is 2.30. The van der Waals surface area contributed by atoms with E-state index >= 15 is 0 Å². The summed E-state index contributed by atoms with van der Waals surface area (Å²) < 4.78 is 5.35. The number of nitro benzene ring substituents is 1. The Hall–Kier alpha value is -2.45. The fourth-order valence-corrected chi connectivity index (χ4v) is 3.62. The van der Waals surface area contributed by atoms with Crippen molar-refractivity contribution in [2.24, 2.45) is 0 Å². The fraction of sp³-hybridized carbons (Fsp3) is 0.474. The van der Waals surface area contributed by atoms with Crippen molar-refractivity contribution in [3.8, 4) is 0 Å². The zero-order valence-corrected chi connectivity index (χ0v) is 16.8. The molecular formula is C19H24ClN5O3. The number of ether oxygens (including phenoxy) is 1. The van der Waals surface area contributed by atoms with Crippen LogP contribution >= 0.6 is 11.6 Å². The Morgan fingerprint density at radius 2 is 2.21 bits per heavy atom. The minimum absolute atomic E-state index is 0.0939. The summed E-state index contributed by atoms with van der Waals surface area (Å²) in [6.45, 7) is 3.67. The molecule has 1 atom stereocenters. The highest BCUT2D eigenvalue weighted by Gasteiger charge is 2.26. The highest BCUT2D eigenvalue weighted by molar-refractivity contribution is 6.32. The average molecular weight is 406 g/mol. The van der Waals surface area contributed by atoms with E-state index < -0.39 is 4.92 Å². The van der Waals surface area contributed by atoms with E-state index in [-0.39, 0.29) is 10.7 Å². The first-order chi connectivity index (χ1) is 13.5. The van der Waals surface area contributed by atoms with Crippen molar-refractivity contribution in [2.45, 2.75) is 38.6 Å². The second kappa shape index (κ2) is 9.16. The number of anilines is 3. The first kappa shape index (κ1) is 20.3. The number of nitro groups is 1. The van der Waals surface area contributed by atoms with Gasteiger partial charge in [0.25, 0.3) is 5.69 Å². The van der Waals surface area contributed by atoms with Crippen LogP contribution in [0.5, 0.6) is 0 Å². The number of halogens is 1. The van der Waals surface area contributed by atoms with Gasteiger partial charge in [-0.05, 0) is 31.4 Å². The summed E-state index contributed by atoms with van der Waals surface area (Å²) in [5.74, 6) is 1.27. The molecule has 0 aliphatic carbocycles. The summed E-state index contributed by atoms with van der Waals surface area (Å²) in [5.41, 5.74) is 1.29. The van der Waals surface area contributed by atoms with Gasteiger partial charge in [0, 0.05) is 37.2 Å². The van der Waals surface area contributed by atoms with Gasteiger partial charge in [-0.1, -0.05) is 24.9 Å². The summed E-state index contributed by atoms with van der Waals surface area (Å²) in [6.07, 6.45) is 3.94. The normalized spacial score (nSPS) is 16.4. The molecule has 9 heteroatoms. The van der Waals surface area contributed by atoms with Gasteiger partial charge < -0.3 is 15.0 Å². The molecule has 0 spiro atoms. The van der Waals surface area contributed by atoms with Crippen molar-refractivity contribution in [1.29, 1.82) is 0 Å². The van der Waals surface area contributed by atoms with E-state index in [9.17, 15) is 10.1 Å². The summed E-state index contributed by atoms with van der Waals surface area (Å²) in [6, 6.07) is 6.87. The third-order valence-corrected chi connectivity index (χ3v) is 5.02. The number of nitrogens with zero attached hydrogens (tertiary/aromatic N) is 4. The van der Waals surface area contributed by atoms with E-state index in [0.717, 1.165) is 43.7 Å². The molecule has 8 nitrogen and oxygen atoms in total. The summed E-state index contributed by atoms with van der Waals surface area (Å²) in [5, 5.41) is 14.3. The molecule has 1 aromatic carbocycles. The largest absolute Gasteiger partial charge is 0.383 e. The Balaban J connectivity index is 1.91. The van der Waals surface area contributed by atoms with E-state index in [1.807, 2.05) is 6.07 Å². The Kier molecular flexibility index (Phi) is 6.64. The van der Waals surface area contributed by atoms with Crippen LogP contribution in [0.1, 0.15) is 31.9 Å². The molecule has 1 saturated heterocycles. The Labute approximate surface area is 169 Å². The van der Waals surface area contributed by atoms with Crippen molar-refractivity contribution in [3.63, 3.8) is 0 Å². The topological polar surface area (TPSA) is 93.4 Å². The maximum Gasteiger partial charge on any atom is 0.289 e. The minimum Gasteiger partial charge on any atom is -0.383 e. The Bertz CT molecular complexity index is 848. The van der Waals surface area contributed by atoms with Crippen molar-refractivity contribution in [2.75, 3.05) is 30.5 Å². The number of benzene rings is 1. The van der Waals surface area contributed by atoms with Gasteiger partial charge in [-0.25, -0.2) is 4.98 Å². The molecule has 0 amide bonds. The van der Waals surface area contributed by atoms with Gasteiger partial charge in [-0.3, -0.25) is 10.1 Å². The molecule has 1 aromatic heterocycles. The van der Waals surface area contributed by atoms with Crippen LogP contribution in [-0.2, 0) is 11.2 Å². The molecule has 0 radical (unpaired) electrons. The maximum atomic E-state index is 11.1. The molecule has 0 saturated carbocycles. The van der Waals surface area contributed by atoms with Gasteiger partial charge in [0.1, 0.15) is 10.8 Å². The lowest BCUT2D eigenvalue weighted by Crippen LogP contribution is -2.33. The molecule has 28 heavy (non-hydrogen) atoms. The molecule has 1 aliphatic rings. The van der Waals surface area contributed by atoms with Gasteiger partial charge in [0.2, 0.25) is 5.95 Å². The fourth-order valence-electron chi connectivity index (χ4n) is 3.43. The molecule has 2 aromatic rings. The third kappa shape index (κ3) is 4.69. The molecule has 3 rings (SSSR count). The molecule has 1 aliphatic heterocycles. The summed E-state index contributed by atoms with van der Waals surface area (Å²) >= 11 is 5.90. The predicted octanol–water partition coefficient (Wildman–Crippen LogP) is 4.35. The second-order valence-corrected chi connectivity index (χ2v) is 7.19. The first-order valence-corrected chi connectivity index (χ1v) is 9.74. The van der Waals surface area contributed by atoms with Crippen molar-refractivity contribution in [3.05, 3.63) is 45.1 Å². The van der Waals surface area contributed by atoms with Crippen LogP contribution in [0.4, 0.5) is 23.1 Å². The van der Waals surface area contributed by atoms with Gasteiger partial charge in [0.15, 0.2) is 0 Å². The monoisotopic (exact) mass is 405 g/mol. The SMILES string of the molecule is CCCc1cc(N2CCCC2COC)nc(Nc2ccc(Cl)c([N+](=O)[O-])c2)n1. The van der Waals surface area contributed by atoms with Gasteiger partial charge >= 0.3 is 0 Å². The lowest BCUT2D eigenvalue weighted by Gasteiger charge is -2.26. The molecule has 2 heterocycles. The number of aromatic nitrogens is 2. The predicted molar refractivity (Wildman–Crippen MR) is 110 cm³/mol. The zero-order chi connectivity index (χ0) is 20.1. The molecule has 0 bridgehead atoms. The lowest BCUT2D eigenvalue weighted by atomic mass is 10.2. The molecule has 1 fully saturated rings. The van der Waals surface area contributed by atoms with E-state index in [0.29, 0.717) is 24.3 Å². The number of rotatable bonds is 8. The van der Waals surface area contributed by atoms with Gasteiger partial charge in [-0.2, -0.15) is 4.98 Å². The standard InChI is InChI=1S/C19H24ClN5O3/c1-3-5-13-11-18(24-9-4-6-15(24)12-28-2)23-19(21-13)22-14-7-8-16(20)17(10-14)25(26)27/h7-8,10-11,15H,3-6,9,12H2,1-2H3,(H,21,22,23). The zero-order valence-electron chi connectivity index (χ0n) is 16.0. The molecule has 1 unspecified atom stereocenters. The maximum absolute atomic E-state index is 11.1. The smallest absolute Gasteiger partial charge is 0.289 e. The number of methoxy groups -OCH3 is 1. The van der Waals surface area contributed by atoms with Crippen LogP contribution in [0.2, 0.25) is 5.02 Å². The van der Waals surface area contributed by atoms with Crippen LogP contribution in [-0.4, -0.2) is 41.2 Å². The van der Waals surface area contributed by atoms with Crippen LogP contribution in [0.15, 0.2) is 24.3 Å². The molecule has 150 valence electrons. The lowest BCUT2D eigenvalue weighted by molar-refractivity contribution is -0.384. The van der Waals surface area contributed by atoms with E-state index in [1.165, 1.54) is 12.1 Å². The van der Waals surface area contributed by atoms with Crippen molar-refractivity contribution in [1.82, 2.24) is 9.97 Å². The van der Waals surface area contributed by atoms with Crippen LogP contribution < -0.4 is 10.2 Å². The highest BCUT2D eigenvalue weighted by atomic mass is 35.5. The number of nitrogens with one attached hydrogen (secondary N) is 1. The summed E-state index contributed by atoms with van der Waals surface area (Å²) in [7, 11) is 1.71. The minimum atomic E-state index is -0.507. The second-order valence-electron chi connectivity index (χ2n) is 6.78. The third-order valence-electron chi connectivity index (χ3n) is 4.70. The number of hydrogen-bond acceptors (Lipinski definition) is 7. The van der Waals surface area contributed by atoms with E-state index in [1.54, 1.807) is 13.2 Å². The van der Waals surface area contributed by atoms with Crippen LogP contribution in [0.3, 0.4) is 0 Å². The van der Waals surface area contributed by atoms with Crippen molar-refractivity contribution >= 4 is 34.7 Å². The van der Waals surface area contributed by atoms with E-state index in [2.05, 4.69) is 27.1 Å².